The van der Waals surface area contributed by atoms with Gasteiger partial charge in [0, 0.05) is 19.8 Å². The predicted octanol–water partition coefficient (Wildman–Crippen LogP) is 6.34. The molecule has 1 aromatic heterocycles. The lowest BCUT2D eigenvalue weighted by molar-refractivity contribution is 0.619. The second-order valence-electron chi connectivity index (χ2n) is 5.07. The van der Waals surface area contributed by atoms with E-state index >= 15 is 0 Å². The van der Waals surface area contributed by atoms with Crippen LogP contribution < -0.4 is 0 Å². The van der Waals surface area contributed by atoms with Gasteiger partial charge in [0.15, 0.2) is 0 Å². The molecule has 2 aromatic carbocycles. The first-order valence-electron chi connectivity index (χ1n) is 6.69. The van der Waals surface area contributed by atoms with E-state index < -0.39 is 0 Å². The van der Waals surface area contributed by atoms with Crippen LogP contribution in [0, 0.1) is 9.39 Å². The van der Waals surface area contributed by atoms with Gasteiger partial charge in [0.05, 0.1) is 4.90 Å². The van der Waals surface area contributed by atoms with Crippen LogP contribution in [0.3, 0.4) is 0 Å². The predicted molar refractivity (Wildman–Crippen MR) is 95.3 cm³/mol. The van der Waals surface area contributed by atoms with Crippen molar-refractivity contribution < 1.29 is 8.81 Å². The minimum Gasteiger partial charge on any atom is -0.455 e. The topological polar surface area (TPSA) is 13.1 Å². The highest BCUT2D eigenvalue weighted by Gasteiger charge is 2.18. The number of benzene rings is 2. The summed E-state index contributed by atoms with van der Waals surface area (Å²) in [6.45, 7) is 4.32. The molecule has 1 nitrogen and oxygen atoms in total. The lowest BCUT2D eigenvalue weighted by atomic mass is 10.1. The van der Waals surface area contributed by atoms with Gasteiger partial charge in [0.25, 0.3) is 0 Å². The minimum atomic E-state index is -0.234. The van der Waals surface area contributed by atoms with Crippen molar-refractivity contribution in [3.63, 3.8) is 0 Å². The summed E-state index contributed by atoms with van der Waals surface area (Å²) in [6, 6.07) is 12.6. The van der Waals surface area contributed by atoms with Gasteiger partial charge in [-0.3, -0.25) is 0 Å². The van der Waals surface area contributed by atoms with E-state index in [9.17, 15) is 4.39 Å². The Bertz CT molecular complexity index is 777. The van der Waals surface area contributed by atoms with Crippen molar-refractivity contribution in [2.75, 3.05) is 0 Å². The second kappa shape index (κ2) is 6.01. The molecular formula is C17H14FIOS. The van der Waals surface area contributed by atoms with Crippen LogP contribution in [0.15, 0.2) is 51.8 Å². The first-order chi connectivity index (χ1) is 10.0. The zero-order valence-corrected chi connectivity index (χ0v) is 14.7. The van der Waals surface area contributed by atoms with Gasteiger partial charge in [-0.15, -0.1) is 11.8 Å². The maximum Gasteiger partial charge on any atom is 0.148 e. The molecular weight excluding hydrogens is 398 g/mol. The SMILES string of the molecule is CC(C)Sc1c(-c2ccc(F)cc2)oc2ccc(I)cc12. The molecule has 3 rings (SSSR count). The molecule has 0 aliphatic heterocycles. The molecule has 0 atom stereocenters. The molecule has 0 spiro atoms. The highest BCUT2D eigenvalue weighted by Crippen LogP contribution is 2.42. The summed E-state index contributed by atoms with van der Waals surface area (Å²) in [5, 5.41) is 1.57. The van der Waals surface area contributed by atoms with Gasteiger partial charge >= 0.3 is 0 Å². The molecule has 0 saturated heterocycles. The highest BCUT2D eigenvalue weighted by molar-refractivity contribution is 14.1. The Balaban J connectivity index is 2.22. The third-order valence-electron chi connectivity index (χ3n) is 3.06. The normalized spacial score (nSPS) is 11.5. The highest BCUT2D eigenvalue weighted by atomic mass is 127. The third-order valence-corrected chi connectivity index (χ3v) is 4.85. The quantitative estimate of drug-likeness (QED) is 0.368. The van der Waals surface area contributed by atoms with E-state index in [-0.39, 0.29) is 5.82 Å². The van der Waals surface area contributed by atoms with Crippen LogP contribution in [0.5, 0.6) is 0 Å². The average Bonchev–Trinajstić information content (AvgIpc) is 2.77. The van der Waals surface area contributed by atoms with Crippen LogP contribution in [0.2, 0.25) is 0 Å². The van der Waals surface area contributed by atoms with Crippen LogP contribution >= 0.6 is 34.4 Å². The Morgan fingerprint density at radius 3 is 2.48 bits per heavy atom. The fourth-order valence-corrected chi connectivity index (χ4v) is 3.71. The number of thioether (sulfide) groups is 1. The van der Waals surface area contributed by atoms with E-state index in [2.05, 4.69) is 42.5 Å². The maximum atomic E-state index is 13.1. The molecule has 21 heavy (non-hydrogen) atoms. The van der Waals surface area contributed by atoms with Crippen molar-refractivity contribution in [1.29, 1.82) is 0 Å². The monoisotopic (exact) mass is 412 g/mol. The summed E-state index contributed by atoms with van der Waals surface area (Å²) in [5.41, 5.74) is 1.78. The molecule has 0 aliphatic carbocycles. The summed E-state index contributed by atoms with van der Waals surface area (Å²) in [6.07, 6.45) is 0. The molecule has 4 heteroatoms. The summed E-state index contributed by atoms with van der Waals surface area (Å²) in [4.78, 5) is 1.13. The van der Waals surface area contributed by atoms with Gasteiger partial charge in [-0.25, -0.2) is 4.39 Å². The zero-order chi connectivity index (χ0) is 15.0. The lowest BCUT2D eigenvalue weighted by Gasteiger charge is -2.06. The molecule has 0 N–H and O–H groups in total. The molecule has 0 aliphatic rings. The van der Waals surface area contributed by atoms with Gasteiger partial charge < -0.3 is 4.42 Å². The fraction of sp³-hybridized carbons (Fsp3) is 0.176. The number of furan rings is 1. The zero-order valence-electron chi connectivity index (χ0n) is 11.7. The Labute approximate surface area is 141 Å². The molecule has 108 valence electrons. The molecule has 1 heterocycles. The van der Waals surface area contributed by atoms with Gasteiger partial charge in [0.2, 0.25) is 0 Å². The summed E-state index contributed by atoms with van der Waals surface area (Å²) >= 11 is 4.08. The van der Waals surface area contributed by atoms with Crippen LogP contribution in [0.4, 0.5) is 4.39 Å². The number of hydrogen-bond donors (Lipinski definition) is 0. The van der Waals surface area contributed by atoms with E-state index in [0.717, 1.165) is 27.2 Å². The van der Waals surface area contributed by atoms with Crippen molar-refractivity contribution in [3.8, 4) is 11.3 Å². The summed E-state index contributed by atoms with van der Waals surface area (Å²) in [7, 11) is 0. The lowest BCUT2D eigenvalue weighted by Crippen LogP contribution is -1.87. The first-order valence-corrected chi connectivity index (χ1v) is 8.65. The Morgan fingerprint density at radius 1 is 1.10 bits per heavy atom. The maximum absolute atomic E-state index is 13.1. The standard InChI is InChI=1S/C17H14FIOS/c1-10(2)21-17-14-9-13(19)7-8-15(14)20-16(17)11-3-5-12(18)6-4-11/h3-10H,1-2H3. The van der Waals surface area contributed by atoms with E-state index in [0.29, 0.717) is 5.25 Å². The van der Waals surface area contributed by atoms with Crippen LogP contribution in [0.1, 0.15) is 13.8 Å². The minimum absolute atomic E-state index is 0.234. The van der Waals surface area contributed by atoms with Gasteiger partial charge in [-0.05, 0) is 65.1 Å². The van der Waals surface area contributed by atoms with Crippen LogP contribution in [-0.2, 0) is 0 Å². The number of hydrogen-bond acceptors (Lipinski definition) is 2. The number of halogens is 2. The van der Waals surface area contributed by atoms with Crippen LogP contribution in [0.25, 0.3) is 22.3 Å². The molecule has 0 unspecified atom stereocenters. The summed E-state index contributed by atoms with van der Waals surface area (Å²) < 4.78 is 20.3. The van der Waals surface area contributed by atoms with E-state index in [1.807, 2.05) is 12.1 Å². The third kappa shape index (κ3) is 3.11. The van der Waals surface area contributed by atoms with E-state index in [1.54, 1.807) is 23.9 Å². The Hall–Kier alpha value is -1.01. The van der Waals surface area contributed by atoms with E-state index in [1.165, 1.54) is 15.7 Å². The average molecular weight is 412 g/mol. The van der Waals surface area contributed by atoms with Crippen molar-refractivity contribution in [1.82, 2.24) is 0 Å². The molecule has 0 bridgehead atoms. The second-order valence-corrected chi connectivity index (χ2v) is 7.91. The molecule has 3 aromatic rings. The molecule has 0 amide bonds. The largest absolute Gasteiger partial charge is 0.455 e. The molecule has 0 saturated carbocycles. The smallest absolute Gasteiger partial charge is 0.148 e. The summed E-state index contributed by atoms with van der Waals surface area (Å²) in [5.74, 6) is 0.591. The van der Waals surface area contributed by atoms with Gasteiger partial charge in [-0.1, -0.05) is 13.8 Å². The van der Waals surface area contributed by atoms with Crippen LogP contribution in [-0.4, -0.2) is 5.25 Å². The van der Waals surface area contributed by atoms with Gasteiger partial charge in [0.1, 0.15) is 17.2 Å². The molecule has 0 radical (unpaired) electrons. The van der Waals surface area contributed by atoms with Crippen molar-refractivity contribution in [2.24, 2.45) is 0 Å². The first kappa shape index (κ1) is 14.9. The number of rotatable bonds is 3. The van der Waals surface area contributed by atoms with E-state index in [4.69, 9.17) is 4.42 Å². The Kier molecular flexibility index (Phi) is 4.26. The van der Waals surface area contributed by atoms with Crippen molar-refractivity contribution in [3.05, 3.63) is 51.9 Å². The fourth-order valence-electron chi connectivity index (χ4n) is 2.19. The number of fused-ring (bicyclic) bond motifs is 1. The van der Waals surface area contributed by atoms with Crippen molar-refractivity contribution in [2.45, 2.75) is 24.0 Å². The Morgan fingerprint density at radius 2 is 1.81 bits per heavy atom. The van der Waals surface area contributed by atoms with Gasteiger partial charge in [-0.2, -0.15) is 0 Å². The van der Waals surface area contributed by atoms with Crippen molar-refractivity contribution >= 4 is 45.3 Å². The molecule has 0 fully saturated rings.